The number of allylic oxidation sites excluding steroid dienone is 1. The minimum Gasteiger partial charge on any atom is -0.463 e. The van der Waals surface area contributed by atoms with Gasteiger partial charge in [0.05, 0.1) is 28.6 Å². The van der Waals surface area contributed by atoms with Crippen molar-refractivity contribution in [3.05, 3.63) is 84.7 Å². The number of nitro benzene ring substituents is 1. The van der Waals surface area contributed by atoms with Crippen LogP contribution in [0, 0.1) is 27.3 Å². The number of aromatic nitrogens is 1. The molecule has 2 N–H and O–H groups in total. The molecule has 1 aliphatic heterocycles. The maximum absolute atomic E-state index is 14.2. The molecule has 1 atom stereocenters. The number of benzene rings is 1. The molecule has 1 aliphatic rings. The summed E-state index contributed by atoms with van der Waals surface area (Å²) >= 11 is 11.8. The highest BCUT2D eigenvalue weighted by Crippen LogP contribution is 2.44. The van der Waals surface area contributed by atoms with Crippen molar-refractivity contribution in [2.75, 3.05) is 6.61 Å². The van der Waals surface area contributed by atoms with Crippen LogP contribution >= 0.6 is 23.2 Å². The summed E-state index contributed by atoms with van der Waals surface area (Å²) in [5.41, 5.74) is 5.19. The molecule has 0 aliphatic carbocycles. The highest BCUT2D eigenvalue weighted by Gasteiger charge is 2.39. The first-order valence-corrected chi connectivity index (χ1v) is 9.70. The first-order chi connectivity index (χ1) is 15.2. The minimum atomic E-state index is -1.22. The Bertz CT molecular complexity index is 1240. The number of nitrogens with two attached hydrogens (primary N) is 1. The van der Waals surface area contributed by atoms with E-state index in [1.54, 1.807) is 6.92 Å². The van der Waals surface area contributed by atoms with E-state index >= 15 is 0 Å². The SMILES string of the molecule is CCOC(=O)C1=C(c2cc(F)c(Cl)nc2Cl)OC(N)=C(C#N)C1c1cccc([N+](=O)[O-])c1. The summed E-state index contributed by atoms with van der Waals surface area (Å²) in [6.45, 7) is 1.51. The molecule has 0 saturated heterocycles. The fraction of sp³-hybridized carbons (Fsp3) is 0.150. The van der Waals surface area contributed by atoms with Crippen molar-refractivity contribution >= 4 is 40.6 Å². The lowest BCUT2D eigenvalue weighted by atomic mass is 9.82. The second kappa shape index (κ2) is 9.21. The van der Waals surface area contributed by atoms with E-state index in [9.17, 15) is 24.6 Å². The van der Waals surface area contributed by atoms with E-state index in [0.717, 1.165) is 6.07 Å². The molecule has 0 amide bonds. The average molecular weight is 479 g/mol. The Balaban J connectivity index is 2.37. The third kappa shape index (κ3) is 4.21. The number of hydrogen-bond donors (Lipinski definition) is 1. The quantitative estimate of drug-likeness (QED) is 0.291. The standard InChI is InChI=1S/C20H13Cl2FN4O5/c1-2-31-20(28)15-14(9-4-3-5-10(6-9)27(29)30)12(8-24)19(25)32-16(15)11-7-13(23)18(22)26-17(11)21/h3-7,14H,2,25H2,1H3. The second-order valence-electron chi connectivity index (χ2n) is 6.34. The van der Waals surface area contributed by atoms with Crippen molar-refractivity contribution in [1.29, 1.82) is 5.26 Å². The number of nitro groups is 1. The van der Waals surface area contributed by atoms with Crippen molar-refractivity contribution < 1.29 is 23.6 Å². The maximum atomic E-state index is 14.2. The molecule has 2 heterocycles. The van der Waals surface area contributed by atoms with Gasteiger partial charge in [0.15, 0.2) is 16.7 Å². The van der Waals surface area contributed by atoms with Crippen LogP contribution in [0.3, 0.4) is 0 Å². The van der Waals surface area contributed by atoms with Crippen LogP contribution in [0.15, 0.2) is 47.4 Å². The number of nitriles is 1. The van der Waals surface area contributed by atoms with E-state index < -0.39 is 33.7 Å². The van der Waals surface area contributed by atoms with Gasteiger partial charge in [0.25, 0.3) is 5.69 Å². The molecule has 2 aromatic rings. The lowest BCUT2D eigenvalue weighted by Gasteiger charge is -2.28. The number of rotatable bonds is 5. The molecule has 0 saturated carbocycles. The third-order valence-electron chi connectivity index (χ3n) is 4.46. The Morgan fingerprint density at radius 3 is 2.75 bits per heavy atom. The number of carbonyl (C=O) groups is 1. The molecule has 3 rings (SSSR count). The minimum absolute atomic E-state index is 0.0423. The number of nitrogens with zero attached hydrogens (tertiary/aromatic N) is 3. The summed E-state index contributed by atoms with van der Waals surface area (Å²) < 4.78 is 24.8. The average Bonchev–Trinajstić information content (AvgIpc) is 2.75. The van der Waals surface area contributed by atoms with E-state index in [2.05, 4.69) is 4.98 Å². The van der Waals surface area contributed by atoms with Gasteiger partial charge in [-0.1, -0.05) is 35.3 Å². The van der Waals surface area contributed by atoms with Gasteiger partial charge >= 0.3 is 5.97 Å². The van der Waals surface area contributed by atoms with Gasteiger partial charge in [0.1, 0.15) is 16.8 Å². The van der Waals surface area contributed by atoms with Crippen molar-refractivity contribution in [2.45, 2.75) is 12.8 Å². The van der Waals surface area contributed by atoms with Crippen LogP contribution < -0.4 is 5.73 Å². The first-order valence-electron chi connectivity index (χ1n) is 8.94. The third-order valence-corrected chi connectivity index (χ3v) is 5.01. The monoisotopic (exact) mass is 478 g/mol. The van der Waals surface area contributed by atoms with Gasteiger partial charge in [0, 0.05) is 12.1 Å². The van der Waals surface area contributed by atoms with Crippen molar-refractivity contribution in [2.24, 2.45) is 5.73 Å². The van der Waals surface area contributed by atoms with Gasteiger partial charge in [-0.05, 0) is 18.6 Å². The predicted octanol–water partition coefficient (Wildman–Crippen LogP) is 4.22. The smallest absolute Gasteiger partial charge is 0.338 e. The Hall–Kier alpha value is -3.68. The number of ether oxygens (including phenoxy) is 2. The topological polar surface area (TPSA) is 141 Å². The molecular weight excluding hydrogens is 466 g/mol. The number of pyridine rings is 1. The Morgan fingerprint density at radius 1 is 1.41 bits per heavy atom. The predicted molar refractivity (Wildman–Crippen MR) is 112 cm³/mol. The number of halogens is 3. The molecule has 1 unspecified atom stereocenters. The zero-order valence-corrected chi connectivity index (χ0v) is 17.8. The number of esters is 1. The second-order valence-corrected chi connectivity index (χ2v) is 7.06. The molecule has 1 aromatic carbocycles. The van der Waals surface area contributed by atoms with Crippen molar-refractivity contribution in [3.63, 3.8) is 0 Å². The van der Waals surface area contributed by atoms with Crippen LogP contribution in [-0.2, 0) is 14.3 Å². The van der Waals surface area contributed by atoms with Gasteiger partial charge in [0.2, 0.25) is 5.88 Å². The normalized spacial score (nSPS) is 15.8. The molecule has 1 aromatic heterocycles. The van der Waals surface area contributed by atoms with E-state index in [4.69, 9.17) is 38.4 Å². The van der Waals surface area contributed by atoms with Crippen molar-refractivity contribution in [1.82, 2.24) is 4.98 Å². The van der Waals surface area contributed by atoms with Crippen LogP contribution in [-0.4, -0.2) is 22.5 Å². The highest BCUT2D eigenvalue weighted by molar-refractivity contribution is 6.33. The van der Waals surface area contributed by atoms with Crippen LogP contribution in [0.1, 0.15) is 24.0 Å². The first kappa shape index (κ1) is 23.0. The van der Waals surface area contributed by atoms with E-state index in [1.807, 2.05) is 6.07 Å². The summed E-state index contributed by atoms with van der Waals surface area (Å²) in [7, 11) is 0. The number of carbonyl (C=O) groups excluding carboxylic acids is 1. The summed E-state index contributed by atoms with van der Waals surface area (Å²) in [4.78, 5) is 27.3. The summed E-state index contributed by atoms with van der Waals surface area (Å²) in [6.07, 6.45) is 0. The molecule has 9 nitrogen and oxygen atoms in total. The zero-order chi connectivity index (χ0) is 23.6. The molecule has 0 bridgehead atoms. The molecule has 12 heteroatoms. The van der Waals surface area contributed by atoms with Crippen LogP contribution in [0.4, 0.5) is 10.1 Å². The fourth-order valence-corrected chi connectivity index (χ4v) is 3.54. The van der Waals surface area contributed by atoms with Crippen LogP contribution in [0.2, 0.25) is 10.3 Å². The van der Waals surface area contributed by atoms with Gasteiger partial charge in [-0.15, -0.1) is 0 Å². The van der Waals surface area contributed by atoms with E-state index in [-0.39, 0.29) is 45.5 Å². The largest absolute Gasteiger partial charge is 0.463 e. The number of non-ortho nitro benzene ring substituents is 1. The van der Waals surface area contributed by atoms with E-state index in [0.29, 0.717) is 0 Å². The van der Waals surface area contributed by atoms with Gasteiger partial charge in [-0.25, -0.2) is 14.2 Å². The maximum Gasteiger partial charge on any atom is 0.338 e. The van der Waals surface area contributed by atoms with Gasteiger partial charge in [-0.3, -0.25) is 10.1 Å². The zero-order valence-electron chi connectivity index (χ0n) is 16.3. The molecule has 0 spiro atoms. The van der Waals surface area contributed by atoms with Gasteiger partial charge in [-0.2, -0.15) is 5.26 Å². The van der Waals surface area contributed by atoms with E-state index in [1.165, 1.54) is 24.3 Å². The summed E-state index contributed by atoms with van der Waals surface area (Å²) in [5, 5.41) is 20.1. The summed E-state index contributed by atoms with van der Waals surface area (Å²) in [5.74, 6) is -3.82. The molecule has 0 fully saturated rings. The highest BCUT2D eigenvalue weighted by atomic mass is 35.5. The fourth-order valence-electron chi connectivity index (χ4n) is 3.13. The van der Waals surface area contributed by atoms with Crippen LogP contribution in [0.5, 0.6) is 0 Å². The van der Waals surface area contributed by atoms with Crippen molar-refractivity contribution in [3.8, 4) is 6.07 Å². The molecular formula is C20H13Cl2FN4O5. The molecule has 164 valence electrons. The molecule has 32 heavy (non-hydrogen) atoms. The Kier molecular flexibility index (Phi) is 6.62. The molecule has 0 radical (unpaired) electrons. The van der Waals surface area contributed by atoms with Gasteiger partial charge < -0.3 is 15.2 Å². The van der Waals surface area contributed by atoms with Crippen LogP contribution in [0.25, 0.3) is 5.76 Å². The lowest BCUT2D eigenvalue weighted by Crippen LogP contribution is -2.26. The Morgan fingerprint density at radius 2 is 2.12 bits per heavy atom. The summed E-state index contributed by atoms with van der Waals surface area (Å²) in [6, 6.07) is 8.02. The Labute approximate surface area is 190 Å². The number of hydrogen-bond acceptors (Lipinski definition) is 8. The lowest BCUT2D eigenvalue weighted by molar-refractivity contribution is -0.384.